The summed E-state index contributed by atoms with van der Waals surface area (Å²) < 4.78 is 0. The second-order valence-corrected chi connectivity index (χ2v) is 8.92. The molecule has 0 atom stereocenters. The van der Waals surface area contributed by atoms with E-state index in [1.807, 2.05) is 0 Å². The summed E-state index contributed by atoms with van der Waals surface area (Å²) >= 11 is 0. The van der Waals surface area contributed by atoms with E-state index < -0.39 is 0 Å². The third-order valence-electron chi connectivity index (χ3n) is 2.67. The lowest BCUT2D eigenvalue weighted by molar-refractivity contribution is 0.147. The molecule has 0 aliphatic rings. The molecule has 0 N–H and O–H groups in total. The summed E-state index contributed by atoms with van der Waals surface area (Å²) in [6, 6.07) is 0. The van der Waals surface area contributed by atoms with Gasteiger partial charge >= 0.3 is 0 Å². The Kier molecular flexibility index (Phi) is 10.8. The van der Waals surface area contributed by atoms with E-state index in [1.165, 1.54) is 12.8 Å². The normalized spacial score (nSPS) is 12.9. The summed E-state index contributed by atoms with van der Waals surface area (Å²) in [7, 11) is 10.4. The van der Waals surface area contributed by atoms with Crippen LogP contribution in [0.2, 0.25) is 0 Å². The zero-order valence-electron chi connectivity index (χ0n) is 16.2. The Hall–Kier alpha value is -0.120. The van der Waals surface area contributed by atoms with Crippen molar-refractivity contribution in [1.29, 1.82) is 0 Å². The Morgan fingerprint density at radius 3 is 0.950 bits per heavy atom. The lowest BCUT2D eigenvalue weighted by Gasteiger charge is -2.24. The average molecular weight is 288 g/mol. The van der Waals surface area contributed by atoms with E-state index in [-0.39, 0.29) is 0 Å². The fourth-order valence-corrected chi connectivity index (χ4v) is 1.76. The van der Waals surface area contributed by atoms with Gasteiger partial charge in [-0.25, -0.2) is 0 Å². The molecule has 0 fully saturated rings. The molecule has 0 amide bonds. The molecule has 3 heteroatoms. The van der Waals surface area contributed by atoms with Crippen LogP contribution in [0.25, 0.3) is 0 Å². The summed E-state index contributed by atoms with van der Waals surface area (Å²) in [6.07, 6.45) is 2.66. The molecule has 3 nitrogen and oxygen atoms in total. The van der Waals surface area contributed by atoms with Crippen molar-refractivity contribution in [2.75, 3.05) is 48.6 Å². The Balaban J connectivity index is 0. The predicted octanol–water partition coefficient (Wildman–Crippen LogP) is 3.82. The number of nitrogens with zero attached hydrogens (tertiary/aromatic N) is 3. The molecule has 0 saturated heterocycles. The molecular weight excluding hydrogens is 246 g/mol. The monoisotopic (exact) mass is 287 g/mol. The zero-order valence-corrected chi connectivity index (χ0v) is 16.2. The first-order chi connectivity index (χ1) is 8.73. The van der Waals surface area contributed by atoms with Crippen molar-refractivity contribution in [3.63, 3.8) is 0 Å². The van der Waals surface area contributed by atoms with E-state index in [1.54, 1.807) is 0 Å². The van der Waals surface area contributed by atoms with Gasteiger partial charge in [0, 0.05) is 0 Å². The number of hydrogen-bond acceptors (Lipinski definition) is 3. The maximum absolute atomic E-state index is 2.30. The first kappa shape index (κ1) is 22.2. The minimum absolute atomic E-state index is 0.507. The highest BCUT2D eigenvalue weighted by Gasteiger charge is 2.16. The summed E-state index contributed by atoms with van der Waals surface area (Å²) in [5.41, 5.74) is 1.01. The van der Waals surface area contributed by atoms with Gasteiger partial charge in [0.1, 0.15) is 0 Å². The van der Waals surface area contributed by atoms with Crippen LogP contribution in [0.5, 0.6) is 0 Å². The summed E-state index contributed by atoms with van der Waals surface area (Å²) in [6.45, 7) is 15.8. The van der Waals surface area contributed by atoms with Crippen LogP contribution in [-0.4, -0.2) is 63.3 Å². The van der Waals surface area contributed by atoms with Crippen molar-refractivity contribution in [3.05, 3.63) is 0 Å². The van der Waals surface area contributed by atoms with E-state index in [2.05, 4.69) is 91.5 Å². The molecule has 0 rings (SSSR count). The second-order valence-electron chi connectivity index (χ2n) is 8.92. The largest absolute Gasteiger partial charge is 0.297 e. The number of rotatable bonds is 5. The molecule has 0 bridgehead atoms. The van der Waals surface area contributed by atoms with Gasteiger partial charge in [-0.2, -0.15) is 0 Å². The Morgan fingerprint density at radius 1 is 0.550 bits per heavy atom. The third-order valence-corrected chi connectivity index (χ3v) is 2.67. The molecule has 0 aliphatic heterocycles. The lowest BCUT2D eigenvalue weighted by atomic mass is 9.81. The van der Waals surface area contributed by atoms with Crippen molar-refractivity contribution in [3.8, 4) is 0 Å². The van der Waals surface area contributed by atoms with Gasteiger partial charge in [-0.1, -0.05) is 41.5 Å². The van der Waals surface area contributed by atoms with Crippen LogP contribution in [0.1, 0.15) is 54.4 Å². The van der Waals surface area contributed by atoms with Crippen LogP contribution in [0.4, 0.5) is 0 Å². The average Bonchev–Trinajstić information content (AvgIpc) is 2.10. The predicted molar refractivity (Wildman–Crippen MR) is 93.0 cm³/mol. The van der Waals surface area contributed by atoms with E-state index in [0.717, 1.165) is 13.3 Å². The van der Waals surface area contributed by atoms with Crippen molar-refractivity contribution in [1.82, 2.24) is 14.7 Å². The minimum atomic E-state index is 0.507. The molecule has 0 aliphatic carbocycles. The molecule has 0 radical (unpaired) electrons. The van der Waals surface area contributed by atoms with Gasteiger partial charge in [-0.05, 0) is 58.9 Å². The standard InChI is InChI=1S/C10H22.C7H19N3/c1-9(2,3)7-8-10(4,5)6;1-8(2)6-10(5)7-9(3)4/h7-8H2,1-6H3;6-7H2,1-5H3. The molecular formula is C17H41N3. The highest BCUT2D eigenvalue weighted by Crippen LogP contribution is 2.29. The van der Waals surface area contributed by atoms with Crippen molar-refractivity contribution >= 4 is 0 Å². The van der Waals surface area contributed by atoms with Crippen LogP contribution < -0.4 is 0 Å². The maximum Gasteiger partial charge on any atom is 0.0509 e. The molecule has 0 saturated carbocycles. The van der Waals surface area contributed by atoms with Gasteiger partial charge in [-0.15, -0.1) is 0 Å². The van der Waals surface area contributed by atoms with Crippen LogP contribution in [0.3, 0.4) is 0 Å². The summed E-state index contributed by atoms with van der Waals surface area (Å²) in [5, 5.41) is 0. The Labute approximate surface area is 129 Å². The molecule has 0 aromatic carbocycles. The van der Waals surface area contributed by atoms with E-state index in [0.29, 0.717) is 10.8 Å². The van der Waals surface area contributed by atoms with Crippen LogP contribution >= 0.6 is 0 Å². The second kappa shape index (κ2) is 9.75. The van der Waals surface area contributed by atoms with Gasteiger partial charge < -0.3 is 0 Å². The molecule has 0 heterocycles. The summed E-state index contributed by atoms with van der Waals surface area (Å²) in [5.74, 6) is 0. The summed E-state index contributed by atoms with van der Waals surface area (Å²) in [4.78, 5) is 6.56. The van der Waals surface area contributed by atoms with Crippen LogP contribution in [0.15, 0.2) is 0 Å². The van der Waals surface area contributed by atoms with Gasteiger partial charge in [0.2, 0.25) is 0 Å². The van der Waals surface area contributed by atoms with Crippen LogP contribution in [-0.2, 0) is 0 Å². The fourth-order valence-electron chi connectivity index (χ4n) is 1.76. The van der Waals surface area contributed by atoms with Gasteiger partial charge in [-0.3, -0.25) is 14.7 Å². The van der Waals surface area contributed by atoms with E-state index in [9.17, 15) is 0 Å². The van der Waals surface area contributed by atoms with Crippen LogP contribution in [0, 0.1) is 10.8 Å². The molecule has 0 spiro atoms. The maximum atomic E-state index is 2.30. The smallest absolute Gasteiger partial charge is 0.0509 e. The molecule has 124 valence electrons. The van der Waals surface area contributed by atoms with Gasteiger partial charge in [0.25, 0.3) is 0 Å². The first-order valence-corrected chi connectivity index (χ1v) is 7.71. The minimum Gasteiger partial charge on any atom is -0.297 e. The molecule has 0 aromatic heterocycles. The molecule has 0 unspecified atom stereocenters. The SMILES string of the molecule is CC(C)(C)CCC(C)(C)C.CN(C)CN(C)CN(C)C. The first-order valence-electron chi connectivity index (χ1n) is 7.71. The van der Waals surface area contributed by atoms with Gasteiger partial charge in [0.05, 0.1) is 13.3 Å². The quantitative estimate of drug-likeness (QED) is 0.712. The highest BCUT2D eigenvalue weighted by atomic mass is 15.3. The molecule has 0 aromatic rings. The topological polar surface area (TPSA) is 9.72 Å². The van der Waals surface area contributed by atoms with Crippen molar-refractivity contribution in [2.24, 2.45) is 10.8 Å². The van der Waals surface area contributed by atoms with E-state index >= 15 is 0 Å². The number of hydrogen-bond donors (Lipinski definition) is 0. The fraction of sp³-hybridized carbons (Fsp3) is 1.00. The van der Waals surface area contributed by atoms with E-state index in [4.69, 9.17) is 0 Å². The van der Waals surface area contributed by atoms with Gasteiger partial charge in [0.15, 0.2) is 0 Å². The van der Waals surface area contributed by atoms with Crippen molar-refractivity contribution < 1.29 is 0 Å². The third kappa shape index (κ3) is 23.0. The Bertz CT molecular complexity index is 197. The highest BCUT2D eigenvalue weighted by molar-refractivity contribution is 4.68. The lowest BCUT2D eigenvalue weighted by Crippen LogP contribution is -2.36. The molecule has 20 heavy (non-hydrogen) atoms. The Morgan fingerprint density at radius 2 is 0.800 bits per heavy atom. The van der Waals surface area contributed by atoms with Crippen molar-refractivity contribution in [2.45, 2.75) is 54.4 Å². The zero-order chi connectivity index (χ0) is 16.6.